The monoisotopic (exact) mass is 193 g/mol. The van der Waals surface area contributed by atoms with Gasteiger partial charge in [0.15, 0.2) is 0 Å². The summed E-state index contributed by atoms with van der Waals surface area (Å²) < 4.78 is 2.16. The molecule has 1 N–H and O–H groups in total. The van der Waals surface area contributed by atoms with Crippen LogP contribution < -0.4 is 0 Å². The molecular formula is C12H19NO. The molecule has 2 nitrogen and oxygen atoms in total. The van der Waals surface area contributed by atoms with Crippen molar-refractivity contribution in [3.63, 3.8) is 0 Å². The molecule has 1 aromatic rings. The van der Waals surface area contributed by atoms with E-state index in [9.17, 15) is 0 Å². The molecule has 0 saturated carbocycles. The largest absolute Gasteiger partial charge is 0.392 e. The lowest BCUT2D eigenvalue weighted by molar-refractivity contribution is 0.329. The van der Waals surface area contributed by atoms with Gasteiger partial charge in [-0.1, -0.05) is 13.0 Å². The predicted molar refractivity (Wildman–Crippen MR) is 60.2 cm³/mol. The molecular weight excluding hydrogens is 174 g/mol. The first kappa shape index (κ1) is 11.1. The van der Waals surface area contributed by atoms with Gasteiger partial charge in [-0.15, -0.1) is 0 Å². The third-order valence-electron chi connectivity index (χ3n) is 2.83. The molecule has 0 radical (unpaired) electrons. The summed E-state index contributed by atoms with van der Waals surface area (Å²) in [4.78, 5) is 0. The molecule has 0 atom stereocenters. The van der Waals surface area contributed by atoms with Gasteiger partial charge in [-0.05, 0) is 37.5 Å². The fraction of sp³-hybridized carbons (Fsp3) is 0.500. The van der Waals surface area contributed by atoms with Crippen LogP contribution in [0, 0.1) is 13.8 Å². The smallest absolute Gasteiger partial charge is 0.0644 e. The summed E-state index contributed by atoms with van der Waals surface area (Å²) >= 11 is 0. The summed E-state index contributed by atoms with van der Waals surface area (Å²) in [5.74, 6) is 0. The molecule has 0 fully saturated rings. The Hall–Kier alpha value is -1.02. The zero-order chi connectivity index (χ0) is 10.7. The second-order valence-electron chi connectivity index (χ2n) is 3.70. The number of nitrogens with zero attached hydrogens (tertiary/aromatic N) is 1. The van der Waals surface area contributed by atoms with E-state index in [2.05, 4.69) is 44.5 Å². The van der Waals surface area contributed by atoms with Crippen LogP contribution >= 0.6 is 0 Å². The number of aromatic nitrogens is 1. The molecule has 0 aromatic carbocycles. The predicted octanol–water partition coefficient (Wildman–Crippen LogP) is 2.43. The highest BCUT2D eigenvalue weighted by Crippen LogP contribution is 2.17. The van der Waals surface area contributed by atoms with E-state index in [1.807, 2.05) is 0 Å². The van der Waals surface area contributed by atoms with E-state index in [4.69, 9.17) is 5.11 Å². The Balaban J connectivity index is 3.08. The fourth-order valence-corrected chi connectivity index (χ4v) is 1.51. The van der Waals surface area contributed by atoms with Gasteiger partial charge in [0.2, 0.25) is 0 Å². The second kappa shape index (κ2) is 4.47. The quantitative estimate of drug-likeness (QED) is 0.783. The third-order valence-corrected chi connectivity index (χ3v) is 2.83. The first-order valence-corrected chi connectivity index (χ1v) is 5.03. The summed E-state index contributed by atoms with van der Waals surface area (Å²) in [5, 5.41) is 9.08. The molecule has 0 aliphatic heterocycles. The maximum absolute atomic E-state index is 9.08. The minimum absolute atomic E-state index is 0.157. The highest BCUT2D eigenvalue weighted by molar-refractivity contribution is 5.56. The molecule has 1 heterocycles. The molecule has 0 bridgehead atoms. The average Bonchev–Trinajstić information content (AvgIpc) is 2.42. The first-order valence-electron chi connectivity index (χ1n) is 5.03. The van der Waals surface area contributed by atoms with Crippen LogP contribution in [0.25, 0.3) is 6.08 Å². The van der Waals surface area contributed by atoms with Crippen molar-refractivity contribution in [2.45, 2.75) is 27.2 Å². The van der Waals surface area contributed by atoms with Crippen LogP contribution in [0.3, 0.4) is 0 Å². The Kier molecular flexibility index (Phi) is 3.53. The van der Waals surface area contributed by atoms with Crippen molar-refractivity contribution in [3.05, 3.63) is 28.6 Å². The van der Waals surface area contributed by atoms with Gasteiger partial charge in [-0.2, -0.15) is 0 Å². The van der Waals surface area contributed by atoms with Crippen molar-refractivity contribution >= 4 is 6.08 Å². The van der Waals surface area contributed by atoms with Gasteiger partial charge in [-0.25, -0.2) is 0 Å². The minimum atomic E-state index is 0.157. The Morgan fingerprint density at radius 3 is 2.50 bits per heavy atom. The van der Waals surface area contributed by atoms with E-state index in [1.165, 1.54) is 17.0 Å². The first-order chi connectivity index (χ1) is 6.60. The number of aliphatic hydroxyl groups excluding tert-OH is 1. The molecule has 0 unspecified atom stereocenters. The highest BCUT2D eigenvalue weighted by atomic mass is 16.3. The van der Waals surface area contributed by atoms with Gasteiger partial charge in [0.1, 0.15) is 0 Å². The van der Waals surface area contributed by atoms with Gasteiger partial charge in [0, 0.05) is 18.4 Å². The lowest BCUT2D eigenvalue weighted by Crippen LogP contribution is -1.93. The summed E-state index contributed by atoms with van der Waals surface area (Å²) in [7, 11) is 2.06. The average molecular weight is 193 g/mol. The summed E-state index contributed by atoms with van der Waals surface area (Å²) in [6, 6.07) is 2.15. The molecule has 0 amide bonds. The summed E-state index contributed by atoms with van der Waals surface area (Å²) in [5.41, 5.74) is 4.80. The Bertz CT molecular complexity index is 341. The van der Waals surface area contributed by atoms with Gasteiger partial charge in [-0.3, -0.25) is 0 Å². The standard InChI is InChI=1S/C12H19NO/c1-5-11(8-14)7-12-6-9(2)13(4)10(12)3/h6-7,14H,5,8H2,1-4H3. The summed E-state index contributed by atoms with van der Waals surface area (Å²) in [6.07, 6.45) is 2.99. The van der Waals surface area contributed by atoms with Crippen LogP contribution in [0.1, 0.15) is 30.3 Å². The van der Waals surface area contributed by atoms with Crippen molar-refractivity contribution in [1.82, 2.24) is 4.57 Å². The van der Waals surface area contributed by atoms with E-state index in [-0.39, 0.29) is 6.61 Å². The normalized spacial score (nSPS) is 12.2. The Morgan fingerprint density at radius 2 is 2.14 bits per heavy atom. The Labute approximate surface area is 85.9 Å². The lowest BCUT2D eigenvalue weighted by Gasteiger charge is -2.01. The molecule has 78 valence electrons. The van der Waals surface area contributed by atoms with Gasteiger partial charge in [0.05, 0.1) is 6.61 Å². The number of aryl methyl sites for hydroxylation is 1. The summed E-state index contributed by atoms with van der Waals surface area (Å²) in [6.45, 7) is 6.41. The van der Waals surface area contributed by atoms with Crippen LogP contribution in [0.15, 0.2) is 11.6 Å². The zero-order valence-electron chi connectivity index (χ0n) is 9.46. The molecule has 0 aliphatic rings. The number of rotatable bonds is 3. The molecule has 1 aromatic heterocycles. The topological polar surface area (TPSA) is 25.2 Å². The van der Waals surface area contributed by atoms with Crippen molar-refractivity contribution in [1.29, 1.82) is 0 Å². The minimum Gasteiger partial charge on any atom is -0.392 e. The van der Waals surface area contributed by atoms with Crippen LogP contribution in [0.4, 0.5) is 0 Å². The van der Waals surface area contributed by atoms with Crippen molar-refractivity contribution in [3.8, 4) is 0 Å². The molecule has 0 saturated heterocycles. The molecule has 1 rings (SSSR count). The van der Waals surface area contributed by atoms with Gasteiger partial charge in [0.25, 0.3) is 0 Å². The Morgan fingerprint density at radius 1 is 1.50 bits per heavy atom. The SMILES string of the molecule is CCC(=Cc1cc(C)n(C)c1C)CO. The number of hydrogen-bond donors (Lipinski definition) is 1. The third kappa shape index (κ3) is 2.07. The maximum Gasteiger partial charge on any atom is 0.0644 e. The zero-order valence-corrected chi connectivity index (χ0v) is 9.46. The maximum atomic E-state index is 9.08. The van der Waals surface area contributed by atoms with Crippen LogP contribution in [0.2, 0.25) is 0 Å². The number of hydrogen-bond acceptors (Lipinski definition) is 1. The van der Waals surface area contributed by atoms with Gasteiger partial charge >= 0.3 is 0 Å². The van der Waals surface area contributed by atoms with E-state index < -0.39 is 0 Å². The van der Waals surface area contributed by atoms with Crippen molar-refractivity contribution in [2.75, 3.05) is 6.61 Å². The van der Waals surface area contributed by atoms with Crippen LogP contribution in [-0.2, 0) is 7.05 Å². The molecule has 0 aliphatic carbocycles. The van der Waals surface area contributed by atoms with Crippen molar-refractivity contribution < 1.29 is 5.11 Å². The molecule has 14 heavy (non-hydrogen) atoms. The van der Waals surface area contributed by atoms with E-state index in [0.29, 0.717) is 0 Å². The lowest BCUT2D eigenvalue weighted by atomic mass is 10.1. The fourth-order valence-electron chi connectivity index (χ4n) is 1.51. The second-order valence-corrected chi connectivity index (χ2v) is 3.70. The molecule has 0 spiro atoms. The number of aliphatic hydroxyl groups is 1. The van der Waals surface area contributed by atoms with E-state index >= 15 is 0 Å². The molecule has 2 heteroatoms. The van der Waals surface area contributed by atoms with E-state index in [1.54, 1.807) is 0 Å². The van der Waals surface area contributed by atoms with Gasteiger partial charge < -0.3 is 9.67 Å². The van der Waals surface area contributed by atoms with Crippen LogP contribution in [-0.4, -0.2) is 16.3 Å². The van der Waals surface area contributed by atoms with Crippen molar-refractivity contribution in [2.24, 2.45) is 7.05 Å². The highest BCUT2D eigenvalue weighted by Gasteiger charge is 2.03. The van der Waals surface area contributed by atoms with Crippen LogP contribution in [0.5, 0.6) is 0 Å². The van der Waals surface area contributed by atoms with E-state index in [0.717, 1.165) is 12.0 Å².